The Hall–Kier alpha value is -2.78. The van der Waals surface area contributed by atoms with E-state index in [1.807, 2.05) is 23.1 Å². The van der Waals surface area contributed by atoms with Gasteiger partial charge in [0.25, 0.3) is 0 Å². The van der Waals surface area contributed by atoms with Crippen molar-refractivity contribution in [3.63, 3.8) is 0 Å². The first kappa shape index (κ1) is 17.6. The molecular formula is C18H21N5O4. The van der Waals surface area contributed by atoms with E-state index >= 15 is 0 Å². The van der Waals surface area contributed by atoms with Gasteiger partial charge in [0.05, 0.1) is 26.4 Å². The molecule has 2 aromatic heterocycles. The van der Waals surface area contributed by atoms with Crippen molar-refractivity contribution in [2.75, 3.05) is 43.6 Å². The summed E-state index contributed by atoms with van der Waals surface area (Å²) in [5.74, 6) is 0.783. The molecule has 9 heteroatoms. The second kappa shape index (κ2) is 7.85. The molecule has 2 fully saturated rings. The molecule has 0 saturated carbocycles. The third-order valence-corrected chi connectivity index (χ3v) is 4.61. The zero-order chi connectivity index (χ0) is 18.6. The fraction of sp³-hybridized carbons (Fsp3) is 0.444. The molecule has 2 saturated heterocycles. The molecule has 0 radical (unpaired) electrons. The van der Waals surface area contributed by atoms with Crippen molar-refractivity contribution in [2.45, 2.75) is 18.2 Å². The smallest absolute Gasteiger partial charge is 0.360 e. The first-order chi connectivity index (χ1) is 13.2. The molecule has 0 bridgehead atoms. The van der Waals surface area contributed by atoms with Crippen molar-refractivity contribution in [1.82, 2.24) is 15.0 Å². The SMILES string of the molecule is COC(=O)c1nccnc1N1C[C@@H]2OCC(Nc3ccccn3)CO[C@H]2C1. The highest BCUT2D eigenvalue weighted by Gasteiger charge is 2.39. The average Bonchev–Trinajstić information content (AvgIpc) is 3.04. The van der Waals surface area contributed by atoms with E-state index < -0.39 is 5.97 Å². The van der Waals surface area contributed by atoms with Gasteiger partial charge < -0.3 is 24.4 Å². The van der Waals surface area contributed by atoms with E-state index in [0.29, 0.717) is 32.1 Å². The van der Waals surface area contributed by atoms with Crippen LogP contribution in [0.1, 0.15) is 10.5 Å². The Morgan fingerprint density at radius 2 is 1.85 bits per heavy atom. The number of aromatic nitrogens is 3. The van der Waals surface area contributed by atoms with Crippen molar-refractivity contribution < 1.29 is 19.0 Å². The molecule has 2 aromatic rings. The van der Waals surface area contributed by atoms with Crippen LogP contribution in [0.4, 0.5) is 11.6 Å². The molecule has 2 aliphatic heterocycles. The number of carbonyl (C=O) groups is 1. The van der Waals surface area contributed by atoms with Crippen LogP contribution in [0.2, 0.25) is 0 Å². The lowest BCUT2D eigenvalue weighted by atomic mass is 10.3. The predicted octanol–water partition coefficient (Wildman–Crippen LogP) is 0.743. The summed E-state index contributed by atoms with van der Waals surface area (Å²) in [7, 11) is 1.33. The number of esters is 1. The molecule has 0 spiro atoms. The molecule has 142 valence electrons. The monoisotopic (exact) mass is 371 g/mol. The van der Waals surface area contributed by atoms with E-state index in [0.717, 1.165) is 5.82 Å². The van der Waals surface area contributed by atoms with Crippen LogP contribution in [0.15, 0.2) is 36.8 Å². The van der Waals surface area contributed by atoms with Gasteiger partial charge in [-0.25, -0.2) is 19.7 Å². The van der Waals surface area contributed by atoms with Crippen LogP contribution in [0.3, 0.4) is 0 Å². The molecule has 0 aromatic carbocycles. The van der Waals surface area contributed by atoms with Crippen LogP contribution >= 0.6 is 0 Å². The first-order valence-corrected chi connectivity index (χ1v) is 8.79. The molecule has 1 N–H and O–H groups in total. The largest absolute Gasteiger partial charge is 0.464 e. The normalized spacial score (nSPS) is 22.8. The molecule has 0 aliphatic carbocycles. The maximum Gasteiger partial charge on any atom is 0.360 e. The van der Waals surface area contributed by atoms with Crippen LogP contribution in [-0.4, -0.2) is 72.6 Å². The Morgan fingerprint density at radius 3 is 2.52 bits per heavy atom. The van der Waals surface area contributed by atoms with Gasteiger partial charge in [0.2, 0.25) is 0 Å². The highest BCUT2D eigenvalue weighted by molar-refractivity contribution is 5.92. The molecule has 0 amide bonds. The lowest BCUT2D eigenvalue weighted by Crippen LogP contribution is -2.32. The zero-order valence-electron chi connectivity index (χ0n) is 14.9. The number of anilines is 2. The van der Waals surface area contributed by atoms with Gasteiger partial charge in [-0.05, 0) is 12.1 Å². The van der Waals surface area contributed by atoms with Gasteiger partial charge in [-0.3, -0.25) is 0 Å². The third kappa shape index (κ3) is 3.83. The van der Waals surface area contributed by atoms with Crippen molar-refractivity contribution in [2.24, 2.45) is 0 Å². The number of hydrogen-bond donors (Lipinski definition) is 1. The number of rotatable bonds is 4. The van der Waals surface area contributed by atoms with Gasteiger partial charge in [0.1, 0.15) is 18.0 Å². The summed E-state index contributed by atoms with van der Waals surface area (Å²) in [5, 5.41) is 3.33. The molecule has 0 unspecified atom stereocenters. The number of pyridine rings is 1. The molecule has 9 nitrogen and oxygen atoms in total. The van der Waals surface area contributed by atoms with Crippen molar-refractivity contribution in [3.05, 3.63) is 42.5 Å². The summed E-state index contributed by atoms with van der Waals surface area (Å²) in [5.41, 5.74) is 0.200. The lowest BCUT2D eigenvalue weighted by molar-refractivity contribution is -0.00461. The molecule has 4 heterocycles. The summed E-state index contributed by atoms with van der Waals surface area (Å²) in [6.07, 6.45) is 4.57. The van der Waals surface area contributed by atoms with E-state index in [1.165, 1.54) is 13.3 Å². The third-order valence-electron chi connectivity index (χ3n) is 4.61. The number of nitrogens with one attached hydrogen (secondary N) is 1. The van der Waals surface area contributed by atoms with Crippen LogP contribution in [0, 0.1) is 0 Å². The van der Waals surface area contributed by atoms with E-state index in [2.05, 4.69) is 20.3 Å². The zero-order valence-corrected chi connectivity index (χ0v) is 14.9. The summed E-state index contributed by atoms with van der Waals surface area (Å²) in [6, 6.07) is 5.75. The van der Waals surface area contributed by atoms with Gasteiger partial charge in [-0.15, -0.1) is 0 Å². The Balaban J connectivity index is 1.41. The van der Waals surface area contributed by atoms with Crippen LogP contribution in [0.25, 0.3) is 0 Å². The summed E-state index contributed by atoms with van der Waals surface area (Å²) in [6.45, 7) is 2.17. The number of nitrogens with zero attached hydrogens (tertiary/aromatic N) is 4. The van der Waals surface area contributed by atoms with E-state index in [4.69, 9.17) is 14.2 Å². The quantitative estimate of drug-likeness (QED) is 0.780. The summed E-state index contributed by atoms with van der Waals surface area (Å²) in [4.78, 5) is 26.6. The van der Waals surface area contributed by atoms with E-state index in [-0.39, 0.29) is 23.9 Å². The molecular weight excluding hydrogens is 350 g/mol. The standard InChI is InChI=1S/C18H21N5O4/c1-25-18(24)16-17(21-7-6-20-16)23-8-13-14(9-23)27-11-12(10-26-13)22-15-4-2-3-5-19-15/h2-7,12-14H,8-11H2,1H3,(H,19,22)/t13-,14-/m0/s1. The minimum Gasteiger partial charge on any atom is -0.464 e. The van der Waals surface area contributed by atoms with Crippen molar-refractivity contribution in [3.8, 4) is 0 Å². The Bertz CT molecular complexity index is 774. The van der Waals surface area contributed by atoms with Crippen LogP contribution in [-0.2, 0) is 14.2 Å². The number of carbonyl (C=O) groups excluding carboxylic acids is 1. The maximum absolute atomic E-state index is 11.9. The number of hydrogen-bond acceptors (Lipinski definition) is 9. The second-order valence-corrected chi connectivity index (χ2v) is 6.42. The fourth-order valence-corrected chi connectivity index (χ4v) is 3.31. The van der Waals surface area contributed by atoms with Gasteiger partial charge in [0, 0.05) is 31.7 Å². The topological polar surface area (TPSA) is 98.7 Å². The molecule has 27 heavy (non-hydrogen) atoms. The maximum atomic E-state index is 11.9. The average molecular weight is 371 g/mol. The van der Waals surface area contributed by atoms with Gasteiger partial charge in [0.15, 0.2) is 11.5 Å². The predicted molar refractivity (Wildman–Crippen MR) is 96.7 cm³/mol. The van der Waals surface area contributed by atoms with Gasteiger partial charge >= 0.3 is 5.97 Å². The molecule has 2 atom stereocenters. The number of ether oxygens (including phenoxy) is 3. The molecule has 4 rings (SSSR count). The Morgan fingerprint density at radius 1 is 1.11 bits per heavy atom. The molecule has 2 aliphatic rings. The van der Waals surface area contributed by atoms with E-state index in [1.54, 1.807) is 12.4 Å². The van der Waals surface area contributed by atoms with Crippen molar-refractivity contribution in [1.29, 1.82) is 0 Å². The van der Waals surface area contributed by atoms with Gasteiger partial charge in [-0.2, -0.15) is 0 Å². The van der Waals surface area contributed by atoms with Crippen LogP contribution < -0.4 is 10.2 Å². The Kier molecular flexibility index (Phi) is 5.12. The second-order valence-electron chi connectivity index (χ2n) is 6.42. The van der Waals surface area contributed by atoms with Crippen molar-refractivity contribution >= 4 is 17.6 Å². The van der Waals surface area contributed by atoms with Gasteiger partial charge in [-0.1, -0.05) is 6.07 Å². The highest BCUT2D eigenvalue weighted by Crippen LogP contribution is 2.26. The summed E-state index contributed by atoms with van der Waals surface area (Å²) >= 11 is 0. The first-order valence-electron chi connectivity index (χ1n) is 8.79. The minimum absolute atomic E-state index is 0.0288. The lowest BCUT2D eigenvalue weighted by Gasteiger charge is -2.21. The van der Waals surface area contributed by atoms with E-state index in [9.17, 15) is 4.79 Å². The van der Waals surface area contributed by atoms with Crippen LogP contribution in [0.5, 0.6) is 0 Å². The summed E-state index contributed by atoms with van der Waals surface area (Å²) < 4.78 is 16.9. The minimum atomic E-state index is -0.508. The fourth-order valence-electron chi connectivity index (χ4n) is 3.31. The number of methoxy groups -OCH3 is 1. The Labute approximate surface area is 156 Å². The highest BCUT2D eigenvalue weighted by atomic mass is 16.6. The number of fused-ring (bicyclic) bond motifs is 1.